The van der Waals surface area contributed by atoms with Gasteiger partial charge in [-0.3, -0.25) is 9.89 Å². The molecule has 8 heteroatoms. The molecule has 2 aromatic rings. The van der Waals surface area contributed by atoms with Crippen molar-refractivity contribution in [2.45, 2.75) is 19.5 Å². The zero-order valence-corrected chi connectivity index (χ0v) is 16.0. The molecule has 8 nitrogen and oxygen atoms in total. The van der Waals surface area contributed by atoms with Crippen molar-refractivity contribution in [2.75, 3.05) is 51.7 Å². The summed E-state index contributed by atoms with van der Waals surface area (Å²) in [6.07, 6.45) is 2.84. The summed E-state index contributed by atoms with van der Waals surface area (Å²) in [6.45, 7) is 5.49. The van der Waals surface area contributed by atoms with Gasteiger partial charge in [0.1, 0.15) is 5.82 Å². The molecule has 2 aliphatic rings. The number of nitrogens with zero attached hydrogens (tertiary/aromatic N) is 5. The molecule has 0 atom stereocenters. The lowest BCUT2D eigenvalue weighted by Gasteiger charge is -2.35. The van der Waals surface area contributed by atoms with E-state index in [4.69, 9.17) is 0 Å². The first-order valence-corrected chi connectivity index (χ1v) is 9.52. The lowest BCUT2D eigenvalue weighted by Crippen LogP contribution is -2.49. The Kier molecular flexibility index (Phi) is 5.09. The first-order valence-electron chi connectivity index (χ1n) is 9.52. The summed E-state index contributed by atoms with van der Waals surface area (Å²) in [7, 11) is 4.10. The minimum Gasteiger partial charge on any atom is -0.353 e. The van der Waals surface area contributed by atoms with Crippen LogP contribution in [-0.4, -0.2) is 77.7 Å². The molecule has 0 aromatic carbocycles. The molecule has 4 heterocycles. The Bertz CT molecular complexity index is 791. The second kappa shape index (κ2) is 7.66. The fourth-order valence-electron chi connectivity index (χ4n) is 3.75. The Labute approximate surface area is 159 Å². The van der Waals surface area contributed by atoms with Gasteiger partial charge in [-0.2, -0.15) is 5.10 Å². The highest BCUT2D eigenvalue weighted by atomic mass is 16.2. The van der Waals surface area contributed by atoms with E-state index in [2.05, 4.69) is 56.5 Å². The molecule has 4 rings (SSSR count). The Morgan fingerprint density at radius 2 is 2.04 bits per heavy atom. The van der Waals surface area contributed by atoms with Crippen LogP contribution in [0.25, 0.3) is 0 Å². The highest BCUT2D eigenvalue weighted by molar-refractivity contribution is 5.94. The van der Waals surface area contributed by atoms with E-state index in [9.17, 15) is 4.79 Å². The predicted molar refractivity (Wildman–Crippen MR) is 104 cm³/mol. The molecule has 1 saturated heterocycles. The van der Waals surface area contributed by atoms with Crippen LogP contribution in [0.2, 0.25) is 0 Å². The van der Waals surface area contributed by atoms with E-state index in [0.29, 0.717) is 18.8 Å². The lowest BCUT2D eigenvalue weighted by molar-refractivity contribution is 0.0739. The Hall–Kier alpha value is -2.45. The van der Waals surface area contributed by atoms with Crippen molar-refractivity contribution in [3.05, 3.63) is 40.8 Å². The number of amides is 1. The van der Waals surface area contributed by atoms with Crippen LogP contribution in [-0.2, 0) is 19.5 Å². The van der Waals surface area contributed by atoms with Crippen molar-refractivity contribution in [1.82, 2.24) is 30.3 Å². The quantitative estimate of drug-likeness (QED) is 0.816. The molecule has 0 unspecified atom stereocenters. The molecule has 2 aliphatic heterocycles. The van der Waals surface area contributed by atoms with Crippen LogP contribution in [0, 0.1) is 0 Å². The van der Waals surface area contributed by atoms with Crippen LogP contribution in [0.4, 0.5) is 5.82 Å². The number of aromatic nitrogens is 3. The molecule has 0 bridgehead atoms. The maximum atomic E-state index is 12.9. The topological polar surface area (TPSA) is 80.4 Å². The van der Waals surface area contributed by atoms with E-state index in [1.54, 1.807) is 0 Å². The summed E-state index contributed by atoms with van der Waals surface area (Å²) in [6, 6.07) is 4.20. The average Bonchev–Trinajstić information content (AvgIpc) is 3.12. The van der Waals surface area contributed by atoms with Crippen LogP contribution >= 0.6 is 0 Å². The molecular weight excluding hydrogens is 342 g/mol. The summed E-state index contributed by atoms with van der Waals surface area (Å²) in [5.74, 6) is 1.01. The number of hydrogen-bond acceptors (Lipinski definition) is 6. The Morgan fingerprint density at radius 1 is 1.22 bits per heavy atom. The van der Waals surface area contributed by atoms with Gasteiger partial charge in [0.2, 0.25) is 0 Å². The van der Waals surface area contributed by atoms with Gasteiger partial charge in [0, 0.05) is 69.7 Å². The Balaban J connectivity index is 1.37. The molecule has 0 spiro atoms. The predicted octanol–water partition coefficient (Wildman–Crippen LogP) is 0.474. The summed E-state index contributed by atoms with van der Waals surface area (Å²) >= 11 is 0. The number of H-pyrrole nitrogens is 1. The number of pyridine rings is 1. The fraction of sp³-hybridized carbons (Fsp3) is 0.526. The van der Waals surface area contributed by atoms with Crippen LogP contribution in [0.3, 0.4) is 0 Å². The molecule has 1 fully saturated rings. The lowest BCUT2D eigenvalue weighted by atomic mass is 10.1. The number of rotatable bonds is 4. The number of fused-ring (bicyclic) bond motifs is 1. The number of anilines is 1. The number of carbonyl (C=O) groups is 1. The summed E-state index contributed by atoms with van der Waals surface area (Å²) in [4.78, 5) is 23.8. The second-order valence-electron chi connectivity index (χ2n) is 7.50. The maximum absolute atomic E-state index is 12.9. The zero-order chi connectivity index (χ0) is 18.8. The van der Waals surface area contributed by atoms with Crippen molar-refractivity contribution in [2.24, 2.45) is 0 Å². The van der Waals surface area contributed by atoms with E-state index >= 15 is 0 Å². The zero-order valence-electron chi connectivity index (χ0n) is 16.0. The van der Waals surface area contributed by atoms with E-state index in [-0.39, 0.29) is 5.91 Å². The first kappa shape index (κ1) is 17.9. The van der Waals surface area contributed by atoms with Gasteiger partial charge in [-0.1, -0.05) is 6.07 Å². The number of carbonyl (C=O) groups excluding carboxylic acids is 1. The number of nitrogens with one attached hydrogen (secondary N) is 2. The minimum atomic E-state index is 0.0325. The first-order chi connectivity index (χ1) is 13.1. The Morgan fingerprint density at radius 3 is 2.74 bits per heavy atom. The van der Waals surface area contributed by atoms with Crippen molar-refractivity contribution < 1.29 is 4.79 Å². The molecular formula is C19H27N7O. The maximum Gasteiger partial charge on any atom is 0.274 e. The summed E-state index contributed by atoms with van der Waals surface area (Å²) in [5.41, 5.74) is 3.91. The van der Waals surface area contributed by atoms with Gasteiger partial charge in [0.25, 0.3) is 5.91 Å². The van der Waals surface area contributed by atoms with Gasteiger partial charge >= 0.3 is 0 Å². The SMILES string of the molecule is CN(C)Cc1ccc(N2CCN(C(=O)c3n[nH]c4c3CNCC4)CC2)nc1. The normalized spacial score (nSPS) is 17.3. The van der Waals surface area contributed by atoms with E-state index in [0.717, 1.165) is 56.2 Å². The van der Waals surface area contributed by atoms with Crippen molar-refractivity contribution >= 4 is 11.7 Å². The molecule has 27 heavy (non-hydrogen) atoms. The van der Waals surface area contributed by atoms with Gasteiger partial charge in [-0.05, 0) is 25.7 Å². The highest BCUT2D eigenvalue weighted by Crippen LogP contribution is 2.19. The molecule has 1 amide bonds. The number of aromatic amines is 1. The standard InChI is InChI=1S/C19H27N7O/c1-24(2)13-14-3-4-17(21-11-14)25-7-9-26(10-8-25)19(27)18-15-12-20-6-5-16(15)22-23-18/h3-4,11,20H,5-10,12-13H2,1-2H3,(H,22,23). The van der Waals surface area contributed by atoms with Gasteiger partial charge in [0.05, 0.1) is 0 Å². The van der Waals surface area contributed by atoms with E-state index in [1.807, 2.05) is 11.1 Å². The molecule has 2 aromatic heterocycles. The average molecular weight is 369 g/mol. The van der Waals surface area contributed by atoms with Crippen LogP contribution in [0.1, 0.15) is 27.3 Å². The van der Waals surface area contributed by atoms with Crippen molar-refractivity contribution in [1.29, 1.82) is 0 Å². The summed E-state index contributed by atoms with van der Waals surface area (Å²) < 4.78 is 0. The second-order valence-corrected chi connectivity index (χ2v) is 7.50. The van der Waals surface area contributed by atoms with Crippen LogP contribution in [0.15, 0.2) is 18.3 Å². The van der Waals surface area contributed by atoms with E-state index in [1.165, 1.54) is 5.56 Å². The van der Waals surface area contributed by atoms with Gasteiger partial charge in [-0.25, -0.2) is 4.98 Å². The molecule has 2 N–H and O–H groups in total. The molecule has 144 valence electrons. The monoisotopic (exact) mass is 369 g/mol. The smallest absolute Gasteiger partial charge is 0.274 e. The van der Waals surface area contributed by atoms with Crippen LogP contribution in [0.5, 0.6) is 0 Å². The number of hydrogen-bond donors (Lipinski definition) is 2. The highest BCUT2D eigenvalue weighted by Gasteiger charge is 2.28. The van der Waals surface area contributed by atoms with Crippen molar-refractivity contribution in [3.8, 4) is 0 Å². The van der Waals surface area contributed by atoms with Gasteiger partial charge < -0.3 is 20.0 Å². The molecule has 0 radical (unpaired) electrons. The molecule has 0 saturated carbocycles. The third-order valence-electron chi connectivity index (χ3n) is 5.21. The third-order valence-corrected chi connectivity index (χ3v) is 5.21. The fourth-order valence-corrected chi connectivity index (χ4v) is 3.75. The minimum absolute atomic E-state index is 0.0325. The number of piperazine rings is 1. The van der Waals surface area contributed by atoms with Crippen LogP contribution < -0.4 is 10.2 Å². The summed E-state index contributed by atoms with van der Waals surface area (Å²) in [5, 5.41) is 10.7. The van der Waals surface area contributed by atoms with Gasteiger partial charge in [-0.15, -0.1) is 0 Å². The van der Waals surface area contributed by atoms with E-state index < -0.39 is 0 Å². The molecule has 0 aliphatic carbocycles. The largest absolute Gasteiger partial charge is 0.353 e. The van der Waals surface area contributed by atoms with Gasteiger partial charge in [0.15, 0.2) is 5.69 Å². The third kappa shape index (κ3) is 3.81. The van der Waals surface area contributed by atoms with Crippen molar-refractivity contribution in [3.63, 3.8) is 0 Å².